The van der Waals surface area contributed by atoms with Crippen LogP contribution in [0.25, 0.3) is 10.2 Å². The molecule has 1 aliphatic heterocycles. The Kier molecular flexibility index (Phi) is 2.94. The smallest absolute Gasteiger partial charge is 0.303 e. The van der Waals surface area contributed by atoms with Gasteiger partial charge < -0.3 is 10.0 Å². The fourth-order valence-corrected chi connectivity index (χ4v) is 3.00. The summed E-state index contributed by atoms with van der Waals surface area (Å²) in [5.74, 6) is -0.742. The van der Waals surface area contributed by atoms with E-state index in [4.69, 9.17) is 5.11 Å². The average molecular weight is 276 g/mol. The van der Waals surface area contributed by atoms with Gasteiger partial charge in [-0.05, 0) is 18.2 Å². The average Bonchev–Trinajstić information content (AvgIpc) is 2.79. The summed E-state index contributed by atoms with van der Waals surface area (Å²) < 4.78 is 0.994. The lowest BCUT2D eigenvalue weighted by molar-refractivity contribution is -0.139. The minimum absolute atomic E-state index is 0.0306. The Morgan fingerprint density at radius 1 is 1.42 bits per heavy atom. The summed E-state index contributed by atoms with van der Waals surface area (Å²) >= 11 is 1.51. The van der Waals surface area contributed by atoms with Crippen molar-refractivity contribution in [1.29, 1.82) is 0 Å². The summed E-state index contributed by atoms with van der Waals surface area (Å²) in [6.07, 6.45) is 0.137. The van der Waals surface area contributed by atoms with Crippen LogP contribution in [0.1, 0.15) is 16.8 Å². The summed E-state index contributed by atoms with van der Waals surface area (Å²) in [6.45, 7) is 1.07. The maximum atomic E-state index is 12.2. The lowest BCUT2D eigenvalue weighted by Gasteiger charge is -2.38. The molecule has 1 N–H and O–H groups in total. The van der Waals surface area contributed by atoms with Crippen LogP contribution in [0, 0.1) is 5.92 Å². The van der Waals surface area contributed by atoms with Crippen LogP contribution in [-0.4, -0.2) is 40.0 Å². The van der Waals surface area contributed by atoms with Crippen LogP contribution in [0.15, 0.2) is 23.7 Å². The predicted molar refractivity (Wildman–Crippen MR) is 71.3 cm³/mol. The highest BCUT2D eigenvalue weighted by molar-refractivity contribution is 7.16. The van der Waals surface area contributed by atoms with Crippen molar-refractivity contribution in [3.05, 3.63) is 29.3 Å². The summed E-state index contributed by atoms with van der Waals surface area (Å²) in [4.78, 5) is 28.6. The molecule has 0 bridgehead atoms. The van der Waals surface area contributed by atoms with Crippen molar-refractivity contribution in [2.24, 2.45) is 5.92 Å². The molecule has 0 saturated carbocycles. The molecule has 0 aliphatic carbocycles. The number of likely N-dealkylation sites (tertiary alicyclic amines) is 1. The van der Waals surface area contributed by atoms with Crippen LogP contribution in [-0.2, 0) is 4.79 Å². The maximum absolute atomic E-state index is 12.2. The van der Waals surface area contributed by atoms with Crippen molar-refractivity contribution in [3.63, 3.8) is 0 Å². The fourth-order valence-electron chi connectivity index (χ4n) is 2.28. The second kappa shape index (κ2) is 4.62. The third-order valence-corrected chi connectivity index (χ3v) is 4.08. The Hall–Kier alpha value is -1.95. The van der Waals surface area contributed by atoms with Crippen molar-refractivity contribution < 1.29 is 14.7 Å². The Labute approximate surface area is 113 Å². The Morgan fingerprint density at radius 2 is 2.21 bits per heavy atom. The molecule has 0 spiro atoms. The lowest BCUT2D eigenvalue weighted by atomic mass is 9.95. The first-order valence-corrected chi connectivity index (χ1v) is 6.86. The summed E-state index contributed by atoms with van der Waals surface area (Å²) in [5.41, 5.74) is 3.30. The first kappa shape index (κ1) is 12.1. The molecule has 3 rings (SSSR count). The number of aromatic nitrogens is 1. The molecule has 2 aromatic rings. The molecule has 2 heterocycles. The van der Waals surface area contributed by atoms with Gasteiger partial charge in [-0.2, -0.15) is 0 Å². The zero-order chi connectivity index (χ0) is 13.4. The number of carboxylic acid groups (broad SMARTS) is 1. The molecule has 98 valence electrons. The van der Waals surface area contributed by atoms with Gasteiger partial charge in [0.2, 0.25) is 0 Å². The van der Waals surface area contributed by atoms with Gasteiger partial charge in [-0.3, -0.25) is 9.59 Å². The maximum Gasteiger partial charge on any atom is 0.303 e. The number of fused-ring (bicyclic) bond motifs is 1. The SMILES string of the molecule is O=C(O)CC1CN(C(=O)c2ccc3ncsc3c2)C1. The van der Waals surface area contributed by atoms with Gasteiger partial charge in [0.25, 0.3) is 5.91 Å². The van der Waals surface area contributed by atoms with E-state index in [9.17, 15) is 9.59 Å². The lowest BCUT2D eigenvalue weighted by Crippen LogP contribution is -2.50. The van der Waals surface area contributed by atoms with Crippen molar-refractivity contribution >= 4 is 33.4 Å². The first-order valence-electron chi connectivity index (χ1n) is 5.98. The number of carbonyl (C=O) groups is 2. The highest BCUT2D eigenvalue weighted by atomic mass is 32.1. The van der Waals surface area contributed by atoms with E-state index in [1.807, 2.05) is 12.1 Å². The molecular weight excluding hydrogens is 264 g/mol. The van der Waals surface area contributed by atoms with Crippen LogP contribution in [0.3, 0.4) is 0 Å². The molecule has 5 nitrogen and oxygen atoms in total. The van der Waals surface area contributed by atoms with Crippen LogP contribution < -0.4 is 0 Å². The first-order chi connectivity index (χ1) is 9.13. The standard InChI is InChI=1S/C13H12N2O3S/c16-12(17)3-8-5-15(6-8)13(18)9-1-2-10-11(4-9)19-7-14-10/h1-2,4,7-8H,3,5-6H2,(H,16,17). The van der Waals surface area contributed by atoms with Gasteiger partial charge in [0.05, 0.1) is 22.1 Å². The minimum atomic E-state index is -0.803. The molecule has 1 amide bonds. The summed E-state index contributed by atoms with van der Waals surface area (Å²) in [6, 6.07) is 5.46. The normalized spacial score (nSPS) is 15.5. The number of amides is 1. The molecule has 0 radical (unpaired) electrons. The van der Waals surface area contributed by atoms with Gasteiger partial charge in [0, 0.05) is 24.6 Å². The summed E-state index contributed by atoms with van der Waals surface area (Å²) in [7, 11) is 0. The number of carbonyl (C=O) groups excluding carboxylic acids is 1. The van der Waals surface area contributed by atoms with Gasteiger partial charge in [-0.1, -0.05) is 0 Å². The highest BCUT2D eigenvalue weighted by Crippen LogP contribution is 2.24. The molecule has 1 aromatic carbocycles. The number of thiazole rings is 1. The van der Waals surface area contributed by atoms with E-state index in [1.165, 1.54) is 11.3 Å². The van der Waals surface area contributed by atoms with E-state index < -0.39 is 5.97 Å². The number of nitrogens with zero attached hydrogens (tertiary/aromatic N) is 2. The zero-order valence-corrected chi connectivity index (χ0v) is 10.9. The van der Waals surface area contributed by atoms with E-state index in [0.29, 0.717) is 18.7 Å². The third-order valence-electron chi connectivity index (χ3n) is 3.29. The van der Waals surface area contributed by atoms with Gasteiger partial charge in [-0.15, -0.1) is 11.3 Å². The van der Waals surface area contributed by atoms with Crippen molar-refractivity contribution in [1.82, 2.24) is 9.88 Å². The number of carboxylic acids is 1. The van der Waals surface area contributed by atoms with Gasteiger partial charge >= 0.3 is 5.97 Å². The number of hydrogen-bond acceptors (Lipinski definition) is 4. The second-order valence-corrected chi connectivity index (χ2v) is 5.60. The number of aliphatic carboxylic acids is 1. The van der Waals surface area contributed by atoms with Crippen LogP contribution >= 0.6 is 11.3 Å². The topological polar surface area (TPSA) is 70.5 Å². The van der Waals surface area contributed by atoms with E-state index in [0.717, 1.165) is 10.2 Å². The highest BCUT2D eigenvalue weighted by Gasteiger charge is 2.32. The Balaban J connectivity index is 1.69. The second-order valence-electron chi connectivity index (χ2n) is 4.71. The van der Waals surface area contributed by atoms with Crippen LogP contribution in [0.5, 0.6) is 0 Å². The Morgan fingerprint density at radius 3 is 2.95 bits per heavy atom. The van der Waals surface area contributed by atoms with Crippen LogP contribution in [0.2, 0.25) is 0 Å². The largest absolute Gasteiger partial charge is 0.481 e. The molecule has 1 aliphatic rings. The minimum Gasteiger partial charge on any atom is -0.481 e. The molecule has 1 fully saturated rings. The van der Waals surface area contributed by atoms with E-state index in [1.54, 1.807) is 16.5 Å². The van der Waals surface area contributed by atoms with Gasteiger partial charge in [0.1, 0.15) is 0 Å². The molecule has 1 saturated heterocycles. The quantitative estimate of drug-likeness (QED) is 0.928. The fraction of sp³-hybridized carbons (Fsp3) is 0.308. The molecule has 0 atom stereocenters. The predicted octanol–water partition coefficient (Wildman–Crippen LogP) is 1.84. The van der Waals surface area contributed by atoms with E-state index in [2.05, 4.69) is 4.98 Å². The zero-order valence-electron chi connectivity index (χ0n) is 10.1. The van der Waals surface area contributed by atoms with E-state index >= 15 is 0 Å². The van der Waals surface area contributed by atoms with Crippen LogP contribution in [0.4, 0.5) is 0 Å². The third kappa shape index (κ3) is 2.31. The number of rotatable bonds is 3. The number of benzene rings is 1. The molecular formula is C13H12N2O3S. The Bertz CT molecular complexity index is 646. The molecule has 6 heteroatoms. The van der Waals surface area contributed by atoms with Gasteiger partial charge in [0.15, 0.2) is 0 Å². The molecule has 0 unspecified atom stereocenters. The van der Waals surface area contributed by atoms with E-state index in [-0.39, 0.29) is 18.2 Å². The number of hydrogen-bond donors (Lipinski definition) is 1. The van der Waals surface area contributed by atoms with Crippen molar-refractivity contribution in [2.45, 2.75) is 6.42 Å². The molecule has 19 heavy (non-hydrogen) atoms. The summed E-state index contributed by atoms with van der Waals surface area (Å²) in [5, 5.41) is 8.68. The molecule has 1 aromatic heterocycles. The van der Waals surface area contributed by atoms with Crippen molar-refractivity contribution in [3.8, 4) is 0 Å². The van der Waals surface area contributed by atoms with Gasteiger partial charge in [-0.25, -0.2) is 4.98 Å². The van der Waals surface area contributed by atoms with Crippen molar-refractivity contribution in [2.75, 3.05) is 13.1 Å². The monoisotopic (exact) mass is 276 g/mol.